The Hall–Kier alpha value is -2.15. The van der Waals surface area contributed by atoms with Gasteiger partial charge < -0.3 is 15.3 Å². The lowest BCUT2D eigenvalue weighted by Crippen LogP contribution is -2.33. The predicted molar refractivity (Wildman–Crippen MR) is 53.4 cm³/mol. The number of hydroxylamine groups is 1. The average Bonchev–Trinajstić information content (AvgIpc) is 2.27. The number of hydrogen-bond donors (Lipinski definition) is 3. The minimum Gasteiger partial charge on any atom is -0.505 e. The highest BCUT2D eigenvalue weighted by molar-refractivity contribution is 5.96. The van der Waals surface area contributed by atoms with Crippen molar-refractivity contribution >= 4 is 11.9 Å². The van der Waals surface area contributed by atoms with Gasteiger partial charge in [-0.1, -0.05) is 0 Å². The number of aromatic nitrogens is 1. The lowest BCUT2D eigenvalue weighted by molar-refractivity contribution is -0.148. The van der Waals surface area contributed by atoms with Crippen LogP contribution in [0.4, 0.5) is 0 Å². The van der Waals surface area contributed by atoms with Crippen LogP contribution in [0.5, 0.6) is 5.75 Å². The van der Waals surface area contributed by atoms with Crippen molar-refractivity contribution in [3.05, 3.63) is 24.0 Å². The summed E-state index contributed by atoms with van der Waals surface area (Å²) >= 11 is 0. The van der Waals surface area contributed by atoms with Crippen LogP contribution in [-0.2, 0) is 9.63 Å². The molecule has 0 saturated carbocycles. The van der Waals surface area contributed by atoms with Gasteiger partial charge in [0.25, 0.3) is 5.91 Å². The Bertz CT molecular complexity index is 394. The third-order valence-corrected chi connectivity index (χ3v) is 1.61. The third kappa shape index (κ3) is 3.21. The molecule has 0 aliphatic carbocycles. The van der Waals surface area contributed by atoms with Crippen LogP contribution in [-0.4, -0.2) is 35.6 Å². The Balaban J connectivity index is 2.54. The lowest BCUT2D eigenvalue weighted by Gasteiger charge is -2.04. The van der Waals surface area contributed by atoms with Gasteiger partial charge in [0, 0.05) is 13.2 Å². The molecule has 0 fully saturated rings. The normalized spacial score (nSPS) is 9.56. The number of pyridine rings is 1. The summed E-state index contributed by atoms with van der Waals surface area (Å²) in [6.45, 7) is -0.310. The molecule has 7 nitrogen and oxygen atoms in total. The Morgan fingerprint density at radius 3 is 2.94 bits per heavy atom. The summed E-state index contributed by atoms with van der Waals surface area (Å²) in [5.74, 6) is -1.54. The zero-order valence-corrected chi connectivity index (χ0v) is 8.56. The second kappa shape index (κ2) is 5.66. The molecule has 0 spiro atoms. The largest absolute Gasteiger partial charge is 0.505 e. The van der Waals surface area contributed by atoms with E-state index >= 15 is 0 Å². The van der Waals surface area contributed by atoms with Crippen LogP contribution >= 0.6 is 0 Å². The fraction of sp³-hybridized carbons (Fsp3) is 0.222. The van der Waals surface area contributed by atoms with E-state index in [4.69, 9.17) is 0 Å². The molecule has 1 aromatic heterocycles. The van der Waals surface area contributed by atoms with E-state index in [2.05, 4.69) is 20.6 Å². The Kier molecular flexibility index (Phi) is 4.22. The molecule has 0 bridgehead atoms. The Morgan fingerprint density at radius 1 is 1.56 bits per heavy atom. The van der Waals surface area contributed by atoms with E-state index < -0.39 is 11.9 Å². The second-order valence-corrected chi connectivity index (χ2v) is 2.73. The van der Waals surface area contributed by atoms with Gasteiger partial charge in [0.2, 0.25) is 0 Å². The zero-order valence-electron chi connectivity index (χ0n) is 8.56. The van der Waals surface area contributed by atoms with Crippen molar-refractivity contribution < 1.29 is 19.5 Å². The molecule has 1 aromatic rings. The average molecular weight is 225 g/mol. The number of hydrogen-bond acceptors (Lipinski definition) is 6. The van der Waals surface area contributed by atoms with E-state index in [0.717, 1.165) is 0 Å². The van der Waals surface area contributed by atoms with E-state index in [1.807, 2.05) is 0 Å². The minimum absolute atomic E-state index is 0.139. The fourth-order valence-electron chi connectivity index (χ4n) is 0.958. The van der Waals surface area contributed by atoms with Gasteiger partial charge in [-0.2, -0.15) is 5.48 Å². The molecule has 0 saturated heterocycles. The molecule has 0 aliphatic heterocycles. The molecule has 3 N–H and O–H groups in total. The standard InChI is InChI=1S/C9H11N3O4/c1-10-16-7(14)5-12-9(15)8-6(13)3-2-4-11-8/h2-4,10,13H,5H2,1H3,(H,12,15). The van der Waals surface area contributed by atoms with Crippen molar-refractivity contribution in [2.24, 2.45) is 0 Å². The first-order chi connectivity index (χ1) is 7.65. The molecule has 1 heterocycles. The first kappa shape index (κ1) is 11.9. The summed E-state index contributed by atoms with van der Waals surface area (Å²) in [5, 5.41) is 11.5. The first-order valence-electron chi connectivity index (χ1n) is 4.43. The van der Waals surface area contributed by atoms with E-state index in [1.165, 1.54) is 25.4 Å². The summed E-state index contributed by atoms with van der Waals surface area (Å²) in [5.41, 5.74) is 2.04. The number of amides is 1. The molecule has 1 amide bonds. The number of rotatable bonds is 4. The van der Waals surface area contributed by atoms with E-state index in [-0.39, 0.29) is 18.0 Å². The molecule has 7 heteroatoms. The smallest absolute Gasteiger partial charge is 0.344 e. The maximum atomic E-state index is 11.4. The van der Waals surface area contributed by atoms with Crippen molar-refractivity contribution in [2.75, 3.05) is 13.6 Å². The molecule has 0 aromatic carbocycles. The van der Waals surface area contributed by atoms with Crippen LogP contribution in [0.15, 0.2) is 18.3 Å². The van der Waals surface area contributed by atoms with Crippen molar-refractivity contribution in [2.45, 2.75) is 0 Å². The Labute approximate surface area is 91.4 Å². The number of carbonyl (C=O) groups is 2. The summed E-state index contributed by atoms with van der Waals surface area (Å²) in [4.78, 5) is 30.3. The van der Waals surface area contributed by atoms with Gasteiger partial charge in [-0.25, -0.2) is 9.78 Å². The number of carbonyl (C=O) groups excluding carboxylic acids is 2. The Morgan fingerprint density at radius 2 is 2.31 bits per heavy atom. The van der Waals surface area contributed by atoms with Crippen LogP contribution in [0.2, 0.25) is 0 Å². The van der Waals surface area contributed by atoms with Gasteiger partial charge in [-0.15, -0.1) is 0 Å². The quantitative estimate of drug-likeness (QED) is 0.580. The minimum atomic E-state index is -0.647. The maximum absolute atomic E-state index is 11.4. The SMILES string of the molecule is CNOC(=O)CNC(=O)c1ncccc1O. The molecule has 0 aliphatic rings. The van der Waals surface area contributed by atoms with Gasteiger partial charge in [0.05, 0.1) is 0 Å². The summed E-state index contributed by atoms with van der Waals surface area (Å²) in [7, 11) is 1.42. The monoisotopic (exact) mass is 225 g/mol. The third-order valence-electron chi connectivity index (χ3n) is 1.61. The highest BCUT2D eigenvalue weighted by Gasteiger charge is 2.13. The van der Waals surface area contributed by atoms with E-state index in [0.29, 0.717) is 0 Å². The van der Waals surface area contributed by atoms with Gasteiger partial charge in [0.15, 0.2) is 5.69 Å². The van der Waals surface area contributed by atoms with E-state index in [9.17, 15) is 14.7 Å². The molecule has 16 heavy (non-hydrogen) atoms. The molecule has 0 atom stereocenters. The van der Waals surface area contributed by atoms with Crippen LogP contribution < -0.4 is 10.8 Å². The van der Waals surface area contributed by atoms with E-state index in [1.54, 1.807) is 0 Å². The first-order valence-corrected chi connectivity index (χ1v) is 4.43. The molecular weight excluding hydrogens is 214 g/mol. The second-order valence-electron chi connectivity index (χ2n) is 2.73. The van der Waals surface area contributed by atoms with Crippen molar-refractivity contribution in [3.8, 4) is 5.75 Å². The number of nitrogens with one attached hydrogen (secondary N) is 2. The molecule has 0 radical (unpaired) electrons. The van der Waals surface area contributed by atoms with Gasteiger partial charge >= 0.3 is 5.97 Å². The van der Waals surface area contributed by atoms with Crippen molar-refractivity contribution in [3.63, 3.8) is 0 Å². The molecule has 1 rings (SSSR count). The molecule has 0 unspecified atom stereocenters. The predicted octanol–water partition coefficient (Wildman–Crippen LogP) is -0.805. The number of nitrogens with zero attached hydrogens (tertiary/aromatic N) is 1. The van der Waals surface area contributed by atoms with Gasteiger partial charge in [-0.3, -0.25) is 4.79 Å². The summed E-state index contributed by atoms with van der Waals surface area (Å²) in [6, 6.07) is 2.81. The van der Waals surface area contributed by atoms with Gasteiger partial charge in [0.1, 0.15) is 12.3 Å². The van der Waals surface area contributed by atoms with Crippen LogP contribution in [0.3, 0.4) is 0 Å². The van der Waals surface area contributed by atoms with Crippen molar-refractivity contribution in [1.29, 1.82) is 0 Å². The molecule has 86 valence electrons. The van der Waals surface area contributed by atoms with Crippen molar-refractivity contribution in [1.82, 2.24) is 15.8 Å². The maximum Gasteiger partial charge on any atom is 0.344 e. The zero-order chi connectivity index (χ0) is 12.0. The summed E-state index contributed by atoms with van der Waals surface area (Å²) < 4.78 is 0. The number of aromatic hydroxyl groups is 1. The van der Waals surface area contributed by atoms with Gasteiger partial charge in [-0.05, 0) is 12.1 Å². The van der Waals surface area contributed by atoms with Crippen LogP contribution in [0.25, 0.3) is 0 Å². The van der Waals surface area contributed by atoms with Crippen LogP contribution in [0, 0.1) is 0 Å². The van der Waals surface area contributed by atoms with Crippen LogP contribution in [0.1, 0.15) is 10.5 Å². The highest BCUT2D eigenvalue weighted by Crippen LogP contribution is 2.11. The lowest BCUT2D eigenvalue weighted by atomic mass is 10.3. The highest BCUT2D eigenvalue weighted by atomic mass is 16.7. The summed E-state index contributed by atoms with van der Waals surface area (Å²) in [6.07, 6.45) is 1.36. The topological polar surface area (TPSA) is 101 Å². The molecular formula is C9H11N3O4. The fourth-order valence-corrected chi connectivity index (χ4v) is 0.958.